The van der Waals surface area contributed by atoms with Crippen molar-refractivity contribution in [2.75, 3.05) is 12.4 Å². The number of benzene rings is 1. The molecular formula is C14H16ClN3O. The Morgan fingerprint density at radius 3 is 2.42 bits per heavy atom. The summed E-state index contributed by atoms with van der Waals surface area (Å²) in [4.78, 5) is 8.43. The molecule has 0 bridgehead atoms. The van der Waals surface area contributed by atoms with Crippen LogP contribution in [-0.2, 0) is 0 Å². The first-order chi connectivity index (χ1) is 9.11. The maximum absolute atomic E-state index is 5.85. The van der Waals surface area contributed by atoms with E-state index in [1.165, 1.54) is 6.33 Å². The second-order valence-electron chi connectivity index (χ2n) is 4.40. The Bertz CT molecular complexity index is 555. The maximum atomic E-state index is 5.85. The molecule has 1 heterocycles. The van der Waals surface area contributed by atoms with E-state index in [0.717, 1.165) is 11.4 Å². The molecule has 0 aliphatic heterocycles. The second kappa shape index (κ2) is 5.89. The fourth-order valence-corrected chi connectivity index (χ4v) is 1.92. The summed E-state index contributed by atoms with van der Waals surface area (Å²) in [5.41, 5.74) is 0.958. The minimum atomic E-state index is 0.256. The molecule has 0 spiro atoms. The van der Waals surface area contributed by atoms with E-state index in [1.807, 2.05) is 19.2 Å². The zero-order chi connectivity index (χ0) is 13.8. The molecule has 0 fully saturated rings. The van der Waals surface area contributed by atoms with Gasteiger partial charge in [-0.2, -0.15) is 0 Å². The predicted molar refractivity (Wildman–Crippen MR) is 77.2 cm³/mol. The summed E-state index contributed by atoms with van der Waals surface area (Å²) in [6.45, 7) is 4.16. The lowest BCUT2D eigenvalue weighted by Crippen LogP contribution is -2.04. The number of rotatable bonds is 4. The SMILES string of the molecule is CNc1ncnc(Oc2ccc(Cl)cc2)c1C(C)C. The zero-order valence-corrected chi connectivity index (χ0v) is 11.9. The van der Waals surface area contributed by atoms with Gasteiger partial charge in [0.25, 0.3) is 0 Å². The smallest absolute Gasteiger partial charge is 0.227 e. The number of halogens is 1. The monoisotopic (exact) mass is 277 g/mol. The fourth-order valence-electron chi connectivity index (χ4n) is 1.79. The first-order valence-corrected chi connectivity index (χ1v) is 6.45. The zero-order valence-electron chi connectivity index (χ0n) is 11.1. The molecule has 0 saturated heterocycles. The molecular weight excluding hydrogens is 262 g/mol. The van der Waals surface area contributed by atoms with Gasteiger partial charge in [-0.05, 0) is 30.2 Å². The Morgan fingerprint density at radius 1 is 1.16 bits per heavy atom. The average molecular weight is 278 g/mol. The highest BCUT2D eigenvalue weighted by Gasteiger charge is 2.15. The van der Waals surface area contributed by atoms with Crippen molar-refractivity contribution in [3.8, 4) is 11.6 Å². The highest BCUT2D eigenvalue weighted by molar-refractivity contribution is 6.30. The molecule has 2 aromatic rings. The Morgan fingerprint density at radius 2 is 1.84 bits per heavy atom. The Hall–Kier alpha value is -1.81. The summed E-state index contributed by atoms with van der Waals surface area (Å²) in [6.07, 6.45) is 1.49. The third kappa shape index (κ3) is 3.15. The molecule has 5 heteroatoms. The molecule has 0 radical (unpaired) electrons. The van der Waals surface area contributed by atoms with E-state index in [-0.39, 0.29) is 5.92 Å². The summed E-state index contributed by atoms with van der Waals surface area (Å²) >= 11 is 5.85. The number of hydrogen-bond donors (Lipinski definition) is 1. The third-order valence-corrected chi connectivity index (χ3v) is 2.94. The van der Waals surface area contributed by atoms with Crippen LogP contribution in [0.3, 0.4) is 0 Å². The van der Waals surface area contributed by atoms with Gasteiger partial charge in [-0.25, -0.2) is 9.97 Å². The van der Waals surface area contributed by atoms with Gasteiger partial charge in [-0.1, -0.05) is 25.4 Å². The van der Waals surface area contributed by atoms with Crippen LogP contribution in [0.4, 0.5) is 5.82 Å². The van der Waals surface area contributed by atoms with Crippen molar-refractivity contribution in [2.45, 2.75) is 19.8 Å². The quantitative estimate of drug-likeness (QED) is 0.914. The molecule has 0 unspecified atom stereocenters. The number of hydrogen-bond acceptors (Lipinski definition) is 4. The van der Waals surface area contributed by atoms with Crippen LogP contribution in [0.2, 0.25) is 5.02 Å². The number of anilines is 1. The summed E-state index contributed by atoms with van der Waals surface area (Å²) in [5.74, 6) is 2.31. The van der Waals surface area contributed by atoms with Crippen LogP contribution in [0.5, 0.6) is 11.6 Å². The molecule has 1 N–H and O–H groups in total. The van der Waals surface area contributed by atoms with Crippen molar-refractivity contribution in [1.82, 2.24) is 9.97 Å². The molecule has 0 aliphatic rings. The summed E-state index contributed by atoms with van der Waals surface area (Å²) in [6, 6.07) is 7.19. The molecule has 4 nitrogen and oxygen atoms in total. The molecule has 19 heavy (non-hydrogen) atoms. The van der Waals surface area contributed by atoms with E-state index in [0.29, 0.717) is 16.7 Å². The van der Waals surface area contributed by atoms with E-state index in [1.54, 1.807) is 12.1 Å². The van der Waals surface area contributed by atoms with Gasteiger partial charge in [0.15, 0.2) is 0 Å². The molecule has 0 saturated carbocycles. The van der Waals surface area contributed by atoms with Crippen LogP contribution in [0.25, 0.3) is 0 Å². The first kappa shape index (κ1) is 13.6. The van der Waals surface area contributed by atoms with Gasteiger partial charge >= 0.3 is 0 Å². The van der Waals surface area contributed by atoms with Crippen LogP contribution < -0.4 is 10.1 Å². The standard InChI is InChI=1S/C14H16ClN3O/c1-9(2)12-13(16-3)17-8-18-14(12)19-11-6-4-10(15)5-7-11/h4-9H,1-3H3,(H,16,17,18). The lowest BCUT2D eigenvalue weighted by Gasteiger charge is -2.15. The minimum absolute atomic E-state index is 0.256. The summed E-state index contributed by atoms with van der Waals surface area (Å²) in [7, 11) is 1.83. The predicted octanol–water partition coefficient (Wildman–Crippen LogP) is 4.09. The van der Waals surface area contributed by atoms with Gasteiger partial charge in [0, 0.05) is 12.1 Å². The molecule has 0 atom stereocenters. The highest BCUT2D eigenvalue weighted by atomic mass is 35.5. The van der Waals surface area contributed by atoms with Gasteiger partial charge in [-0.15, -0.1) is 0 Å². The second-order valence-corrected chi connectivity index (χ2v) is 4.84. The van der Waals surface area contributed by atoms with Crippen LogP contribution in [0.15, 0.2) is 30.6 Å². The van der Waals surface area contributed by atoms with Gasteiger partial charge in [-0.3, -0.25) is 0 Å². The fraction of sp³-hybridized carbons (Fsp3) is 0.286. The number of aromatic nitrogens is 2. The van der Waals surface area contributed by atoms with E-state index in [4.69, 9.17) is 16.3 Å². The lowest BCUT2D eigenvalue weighted by atomic mass is 10.1. The molecule has 2 rings (SSSR count). The number of ether oxygens (including phenoxy) is 1. The molecule has 1 aromatic carbocycles. The summed E-state index contributed by atoms with van der Waals surface area (Å²) in [5, 5.41) is 3.74. The van der Waals surface area contributed by atoms with Crippen molar-refractivity contribution in [2.24, 2.45) is 0 Å². The lowest BCUT2D eigenvalue weighted by molar-refractivity contribution is 0.452. The van der Waals surface area contributed by atoms with Crippen molar-refractivity contribution in [1.29, 1.82) is 0 Å². The average Bonchev–Trinajstić information content (AvgIpc) is 2.40. The first-order valence-electron chi connectivity index (χ1n) is 6.08. The Labute approximate surface area is 117 Å². The Balaban J connectivity index is 2.36. The molecule has 1 aromatic heterocycles. The van der Waals surface area contributed by atoms with Crippen molar-refractivity contribution >= 4 is 17.4 Å². The van der Waals surface area contributed by atoms with Crippen LogP contribution in [0.1, 0.15) is 25.3 Å². The number of nitrogens with zero attached hydrogens (tertiary/aromatic N) is 2. The van der Waals surface area contributed by atoms with Crippen molar-refractivity contribution < 1.29 is 4.74 Å². The van der Waals surface area contributed by atoms with E-state index < -0.39 is 0 Å². The highest BCUT2D eigenvalue weighted by Crippen LogP contribution is 2.32. The van der Waals surface area contributed by atoms with Crippen molar-refractivity contribution in [3.63, 3.8) is 0 Å². The molecule has 0 aliphatic carbocycles. The largest absolute Gasteiger partial charge is 0.439 e. The van der Waals surface area contributed by atoms with Gasteiger partial charge in [0.1, 0.15) is 17.9 Å². The van der Waals surface area contributed by atoms with E-state index in [9.17, 15) is 0 Å². The van der Waals surface area contributed by atoms with Gasteiger partial charge in [0.05, 0.1) is 5.56 Å². The van der Waals surface area contributed by atoms with Crippen LogP contribution >= 0.6 is 11.6 Å². The molecule has 0 amide bonds. The van der Waals surface area contributed by atoms with Crippen LogP contribution in [0, 0.1) is 0 Å². The Kier molecular flexibility index (Phi) is 4.22. The normalized spacial score (nSPS) is 10.6. The van der Waals surface area contributed by atoms with Gasteiger partial charge in [0.2, 0.25) is 5.88 Å². The van der Waals surface area contributed by atoms with Crippen LogP contribution in [-0.4, -0.2) is 17.0 Å². The maximum Gasteiger partial charge on any atom is 0.227 e. The number of nitrogens with one attached hydrogen (secondary N) is 1. The van der Waals surface area contributed by atoms with E-state index in [2.05, 4.69) is 29.1 Å². The van der Waals surface area contributed by atoms with E-state index >= 15 is 0 Å². The summed E-state index contributed by atoms with van der Waals surface area (Å²) < 4.78 is 5.82. The van der Waals surface area contributed by atoms with Gasteiger partial charge < -0.3 is 10.1 Å². The minimum Gasteiger partial charge on any atom is -0.439 e. The molecule has 100 valence electrons. The third-order valence-electron chi connectivity index (χ3n) is 2.69. The topological polar surface area (TPSA) is 47.0 Å². The van der Waals surface area contributed by atoms with Crippen molar-refractivity contribution in [3.05, 3.63) is 41.2 Å².